The molecule has 0 bridgehead atoms. The van der Waals surface area contributed by atoms with Gasteiger partial charge >= 0.3 is 0 Å². The van der Waals surface area contributed by atoms with Crippen LogP contribution in [0.4, 0.5) is 0 Å². The molecule has 0 radical (unpaired) electrons. The van der Waals surface area contributed by atoms with Crippen molar-refractivity contribution in [2.75, 3.05) is 0 Å². The molecule has 11 rings (SSSR count). The molecular weight excluding hydrogens is 1360 g/mol. The van der Waals surface area contributed by atoms with Gasteiger partial charge in [0.05, 0.1) is 61.9 Å². The Morgan fingerprint density at radius 3 is 1.09 bits per heavy atom. The number of benzene rings is 3. The molecule has 0 aliphatic carbocycles. The lowest BCUT2D eigenvalue weighted by molar-refractivity contribution is 0.0991. The van der Waals surface area contributed by atoms with E-state index >= 15 is 0 Å². The summed E-state index contributed by atoms with van der Waals surface area (Å²) in [5.41, 5.74) is 7.06. The third-order valence-corrected chi connectivity index (χ3v) is 22.7. The lowest BCUT2D eigenvalue weighted by atomic mass is 10.1. The van der Waals surface area contributed by atoms with Gasteiger partial charge in [-0.15, -0.1) is 79.4 Å². The van der Waals surface area contributed by atoms with Crippen LogP contribution in [0.5, 0.6) is 0 Å². The maximum absolute atomic E-state index is 11.4. The van der Waals surface area contributed by atoms with Gasteiger partial charge < -0.3 is 0 Å². The number of aromatic nitrogens is 8. The molecule has 0 N–H and O–H groups in total. The van der Waals surface area contributed by atoms with Crippen LogP contribution in [-0.2, 0) is 12.8 Å². The highest BCUT2D eigenvalue weighted by molar-refractivity contribution is 7.15. The molecule has 100 heavy (non-hydrogen) atoms. The number of thiazole rings is 7. The molecule has 0 atom stereocenters. The van der Waals surface area contributed by atoms with Gasteiger partial charge in [-0.2, -0.15) is 0 Å². The maximum Gasteiger partial charge on any atom is 0.174 e. The van der Waals surface area contributed by atoms with E-state index in [2.05, 4.69) is 245 Å². The van der Waals surface area contributed by atoms with Gasteiger partial charge in [0, 0.05) is 121 Å². The minimum absolute atomic E-state index is 0.210. The lowest BCUT2D eigenvalue weighted by Gasteiger charge is -1.98. The first kappa shape index (κ1) is 93.9. The third kappa shape index (κ3) is 36.7. The molecule has 11 aromatic rings. The highest BCUT2D eigenvalue weighted by Gasteiger charge is 2.16. The number of hydrogen-bond acceptors (Lipinski definition) is 16. The van der Waals surface area contributed by atoms with Crippen LogP contribution >= 0.6 is 79.4 Å². The first-order valence-corrected chi connectivity index (χ1v) is 41.7. The van der Waals surface area contributed by atoms with Crippen molar-refractivity contribution in [1.82, 2.24) is 39.9 Å². The summed E-state index contributed by atoms with van der Waals surface area (Å²) in [6.07, 6.45) is 14.1. The second kappa shape index (κ2) is 54.6. The monoisotopic (exact) mass is 1480 g/mol. The Kier molecular flexibility index (Phi) is 51.2. The molecule has 0 saturated heterocycles. The fraction of sp³-hybridized carbons (Fsp3) is 0.464. The predicted molar refractivity (Wildman–Crippen MR) is 451 cm³/mol. The number of pyridine rings is 1. The Balaban J connectivity index is 0.00000111. The summed E-state index contributed by atoms with van der Waals surface area (Å²) in [6.45, 7) is 60.7. The van der Waals surface area contributed by atoms with Crippen LogP contribution in [0.15, 0.2) is 146 Å². The first-order chi connectivity index (χ1) is 47.8. The topological polar surface area (TPSA) is 120 Å². The quantitative estimate of drug-likeness (QED) is 0.0980. The summed E-state index contributed by atoms with van der Waals surface area (Å²) >= 11 is 12.4. The van der Waals surface area contributed by atoms with Gasteiger partial charge in [0.25, 0.3) is 0 Å². The molecule has 0 saturated carbocycles. The van der Waals surface area contributed by atoms with Crippen molar-refractivity contribution in [1.29, 1.82) is 0 Å². The molecule has 8 aromatic heterocycles. The minimum Gasteiger partial charge on any atom is -0.293 e. The standard InChI is InChI=1S/2C13H15NS.C12H13NS.C10H15NOS.2C8H13NS.C7H11NS.C5H5N.4C2H6/c1-9(2)13-14-12(10(3)15-13)11-7-5-4-6-8-11;1-10(2)13-14-9-12(15-13)8-11-6-4-3-5-7-11;1-9(2)12-13-8-11(14-12)10-6-4-3-5-7-10;1-5-8(12)9-7(4)11-10(13-9)6(2)3;1-5(2)8-9-6(3)7(4)10-8;1-4-7-5-9-8(10-7)6(2)3;1-5(2)7-8-4-6(3)9-7;1-2-4-6-5-3-1;4*1-2/h4-9H,1-3H3;3-7,9-10H,8H2,1-2H3;3-9H,1-2H3;6H,5H2,1-4H3;5H,1-4H3;5-6H,4H2,1-3H3;4-5H,1-3H3;1-5H;4*1-2H3. The Bertz CT molecular complexity index is 3690. The number of carbonyl (C=O) groups is 1. The summed E-state index contributed by atoms with van der Waals surface area (Å²) in [7, 11) is 0. The van der Waals surface area contributed by atoms with Crippen LogP contribution in [0.25, 0.3) is 21.7 Å². The average Bonchev–Trinajstić information content (AvgIpc) is 1.71. The number of rotatable bonds is 14. The number of aryl methyl sites for hydroxylation is 6. The third-order valence-electron chi connectivity index (χ3n) is 13.3. The fourth-order valence-electron chi connectivity index (χ4n) is 7.82. The highest BCUT2D eigenvalue weighted by Crippen LogP contribution is 2.33. The van der Waals surface area contributed by atoms with E-state index in [0.717, 1.165) is 34.1 Å². The average molecular weight is 1490 g/mol. The fourth-order valence-corrected chi connectivity index (χ4v) is 14.3. The number of Topliss-reactive ketones (excluding diaryl/α,β-unsaturated/α-hetero) is 1. The molecule has 0 aliphatic rings. The van der Waals surface area contributed by atoms with Crippen molar-refractivity contribution in [2.45, 2.75) is 261 Å². The molecule has 0 fully saturated rings. The van der Waals surface area contributed by atoms with Crippen molar-refractivity contribution in [3.8, 4) is 21.7 Å². The van der Waals surface area contributed by atoms with E-state index in [1.807, 2.05) is 158 Å². The van der Waals surface area contributed by atoms with E-state index in [1.165, 1.54) is 93.0 Å². The molecule has 0 spiro atoms. The van der Waals surface area contributed by atoms with Gasteiger partial charge in [-0.1, -0.05) is 263 Å². The molecule has 9 nitrogen and oxygen atoms in total. The maximum atomic E-state index is 11.4. The van der Waals surface area contributed by atoms with Crippen LogP contribution in [0, 0.1) is 34.6 Å². The Morgan fingerprint density at radius 2 is 0.750 bits per heavy atom. The van der Waals surface area contributed by atoms with E-state index in [9.17, 15) is 4.79 Å². The largest absolute Gasteiger partial charge is 0.293 e. The minimum atomic E-state index is 0.210. The van der Waals surface area contributed by atoms with Crippen LogP contribution in [0.2, 0.25) is 0 Å². The van der Waals surface area contributed by atoms with Gasteiger partial charge in [-0.3, -0.25) is 9.78 Å². The zero-order valence-corrected chi connectivity index (χ0v) is 72.1. The number of hydrogen-bond donors (Lipinski definition) is 0. The van der Waals surface area contributed by atoms with Crippen LogP contribution in [-0.4, -0.2) is 45.7 Å². The van der Waals surface area contributed by atoms with Crippen molar-refractivity contribution in [2.24, 2.45) is 0 Å². The van der Waals surface area contributed by atoms with Crippen LogP contribution in [0.3, 0.4) is 0 Å². The van der Waals surface area contributed by atoms with Gasteiger partial charge in [-0.05, 0) is 64.3 Å². The van der Waals surface area contributed by atoms with Crippen LogP contribution in [0.1, 0.15) is 300 Å². The second-order valence-electron chi connectivity index (χ2n) is 24.0. The van der Waals surface area contributed by atoms with Gasteiger partial charge in [0.2, 0.25) is 0 Å². The Hall–Kier alpha value is -6.11. The number of nitrogens with zero attached hydrogens (tertiary/aromatic N) is 8. The van der Waals surface area contributed by atoms with Gasteiger partial charge in [0.15, 0.2) is 5.78 Å². The molecule has 0 aliphatic heterocycles. The van der Waals surface area contributed by atoms with Gasteiger partial charge in [0.1, 0.15) is 0 Å². The smallest absolute Gasteiger partial charge is 0.174 e. The van der Waals surface area contributed by atoms with Crippen molar-refractivity contribution in [3.63, 3.8) is 0 Å². The van der Waals surface area contributed by atoms with Crippen molar-refractivity contribution in [3.05, 3.63) is 228 Å². The zero-order valence-electron chi connectivity index (χ0n) is 66.4. The van der Waals surface area contributed by atoms with E-state index in [-0.39, 0.29) is 5.78 Å². The van der Waals surface area contributed by atoms with Crippen LogP contribution < -0.4 is 0 Å². The molecule has 8 heterocycles. The number of carbonyl (C=O) groups excluding carboxylic acids is 1. The highest BCUT2D eigenvalue weighted by atomic mass is 32.1. The van der Waals surface area contributed by atoms with Gasteiger partial charge in [-0.25, -0.2) is 34.9 Å². The number of ketones is 1. The molecule has 0 amide bonds. The summed E-state index contributed by atoms with van der Waals surface area (Å²) in [5.74, 6) is 3.97. The summed E-state index contributed by atoms with van der Waals surface area (Å²) in [5, 5.41) is 8.50. The summed E-state index contributed by atoms with van der Waals surface area (Å²) in [4.78, 5) is 54.9. The van der Waals surface area contributed by atoms with E-state index in [0.29, 0.717) is 47.8 Å². The summed E-state index contributed by atoms with van der Waals surface area (Å²) in [6, 6.07) is 37.0. The van der Waals surface area contributed by atoms with E-state index < -0.39 is 0 Å². The summed E-state index contributed by atoms with van der Waals surface area (Å²) < 4.78 is 0. The predicted octanol–water partition coefficient (Wildman–Crippen LogP) is 28.7. The van der Waals surface area contributed by atoms with Crippen molar-refractivity contribution >= 4 is 85.1 Å². The molecule has 548 valence electrons. The normalized spacial score (nSPS) is 10.0. The van der Waals surface area contributed by atoms with E-state index in [1.54, 1.807) is 46.4 Å². The molecular formula is C84H124N8OS7. The lowest BCUT2D eigenvalue weighted by Crippen LogP contribution is -1.94. The zero-order chi connectivity index (χ0) is 75.9. The SMILES string of the molecule is CC.CC.CC.CC.CC(C)c1ncc(-c2ccccc2)s1.CC(C)c1ncc(Cc2ccccc2)s1.CCC(=O)c1sc(C(C)C)nc1C.CCc1cnc(C(C)C)s1.Cc1cnc(C(C)C)s1.Cc1nc(C(C)C)sc1C.Cc1sc(C(C)C)nc1-c1ccccc1.c1ccncc1. The Labute approximate surface area is 635 Å². The molecule has 0 unspecified atom stereocenters. The second-order valence-corrected chi connectivity index (χ2v) is 32.1. The molecule has 16 heteroatoms. The van der Waals surface area contributed by atoms with Crippen molar-refractivity contribution < 1.29 is 4.79 Å². The molecule has 3 aromatic carbocycles. The Morgan fingerprint density at radius 1 is 0.370 bits per heavy atom. The van der Waals surface area contributed by atoms with E-state index in [4.69, 9.17) is 4.98 Å². The first-order valence-electron chi connectivity index (χ1n) is 36.0.